The molecule has 8 heteroatoms. The SMILES string of the molecule is O=C1CC(C(=O)N2CCN(c3ccccc3F)CC2)CN1Cc1ccc2c(c1)OCO2. The molecule has 162 valence electrons. The van der Waals surface area contributed by atoms with Gasteiger partial charge in [0, 0.05) is 45.7 Å². The molecule has 2 saturated heterocycles. The second-order valence-corrected chi connectivity index (χ2v) is 8.13. The van der Waals surface area contributed by atoms with Gasteiger partial charge in [-0.25, -0.2) is 4.39 Å². The molecule has 0 spiro atoms. The lowest BCUT2D eigenvalue weighted by atomic mass is 10.1. The molecule has 31 heavy (non-hydrogen) atoms. The number of halogens is 1. The Labute approximate surface area is 179 Å². The maximum Gasteiger partial charge on any atom is 0.231 e. The molecule has 5 rings (SSSR count). The van der Waals surface area contributed by atoms with E-state index in [9.17, 15) is 14.0 Å². The zero-order chi connectivity index (χ0) is 21.4. The number of carbonyl (C=O) groups is 2. The van der Waals surface area contributed by atoms with Gasteiger partial charge in [-0.2, -0.15) is 0 Å². The number of ether oxygens (including phenoxy) is 2. The summed E-state index contributed by atoms with van der Waals surface area (Å²) in [6.07, 6.45) is 0.233. The summed E-state index contributed by atoms with van der Waals surface area (Å²) >= 11 is 0. The molecule has 7 nitrogen and oxygen atoms in total. The normalized spacial score (nSPS) is 20.5. The van der Waals surface area contributed by atoms with E-state index in [1.165, 1.54) is 6.07 Å². The Morgan fingerprint density at radius 2 is 1.81 bits per heavy atom. The maximum atomic E-state index is 14.0. The Balaban J connectivity index is 1.17. The molecule has 0 aliphatic carbocycles. The van der Waals surface area contributed by atoms with Crippen molar-refractivity contribution in [2.45, 2.75) is 13.0 Å². The van der Waals surface area contributed by atoms with E-state index in [1.54, 1.807) is 21.9 Å². The van der Waals surface area contributed by atoms with E-state index in [1.807, 2.05) is 29.2 Å². The lowest BCUT2D eigenvalue weighted by Gasteiger charge is -2.37. The van der Waals surface area contributed by atoms with E-state index < -0.39 is 0 Å². The molecule has 0 bridgehead atoms. The van der Waals surface area contributed by atoms with E-state index in [4.69, 9.17) is 9.47 Å². The number of hydrogen-bond acceptors (Lipinski definition) is 5. The fourth-order valence-corrected chi connectivity index (χ4v) is 4.48. The van der Waals surface area contributed by atoms with Crippen LogP contribution in [-0.2, 0) is 16.1 Å². The van der Waals surface area contributed by atoms with Gasteiger partial charge < -0.3 is 24.2 Å². The van der Waals surface area contributed by atoms with Crippen molar-refractivity contribution in [1.82, 2.24) is 9.80 Å². The Morgan fingerprint density at radius 3 is 2.61 bits per heavy atom. The molecule has 1 unspecified atom stereocenters. The van der Waals surface area contributed by atoms with Crippen molar-refractivity contribution in [3.8, 4) is 11.5 Å². The van der Waals surface area contributed by atoms with Crippen LogP contribution in [-0.4, -0.2) is 61.1 Å². The lowest BCUT2D eigenvalue weighted by Crippen LogP contribution is -2.50. The molecular formula is C23H24FN3O4. The molecule has 0 aromatic heterocycles. The first-order chi connectivity index (χ1) is 15.1. The fraction of sp³-hybridized carbons (Fsp3) is 0.391. The van der Waals surface area contributed by atoms with E-state index >= 15 is 0 Å². The molecule has 3 aliphatic rings. The van der Waals surface area contributed by atoms with Crippen molar-refractivity contribution in [2.24, 2.45) is 5.92 Å². The van der Waals surface area contributed by atoms with Gasteiger partial charge in [0.15, 0.2) is 11.5 Å². The van der Waals surface area contributed by atoms with E-state index in [0.717, 1.165) is 5.56 Å². The second-order valence-electron chi connectivity index (χ2n) is 8.13. The van der Waals surface area contributed by atoms with Crippen molar-refractivity contribution < 1.29 is 23.5 Å². The predicted molar refractivity (Wildman–Crippen MR) is 111 cm³/mol. The van der Waals surface area contributed by atoms with Crippen LogP contribution in [0.15, 0.2) is 42.5 Å². The van der Waals surface area contributed by atoms with Crippen molar-refractivity contribution in [2.75, 3.05) is 44.4 Å². The number of piperazine rings is 1. The average Bonchev–Trinajstić information content (AvgIpc) is 3.40. The number of fused-ring (bicyclic) bond motifs is 1. The fourth-order valence-electron chi connectivity index (χ4n) is 4.48. The molecule has 2 fully saturated rings. The number of para-hydroxylation sites is 1. The zero-order valence-corrected chi connectivity index (χ0v) is 17.1. The van der Waals surface area contributed by atoms with Crippen LogP contribution in [0.2, 0.25) is 0 Å². The summed E-state index contributed by atoms with van der Waals surface area (Å²) in [7, 11) is 0. The number of amides is 2. The van der Waals surface area contributed by atoms with Gasteiger partial charge in [0.05, 0.1) is 11.6 Å². The zero-order valence-electron chi connectivity index (χ0n) is 17.1. The molecule has 0 N–H and O–H groups in total. The highest BCUT2D eigenvalue weighted by atomic mass is 19.1. The number of carbonyl (C=O) groups excluding carboxylic acids is 2. The van der Waals surface area contributed by atoms with Crippen LogP contribution in [0, 0.1) is 11.7 Å². The minimum Gasteiger partial charge on any atom is -0.454 e. The summed E-state index contributed by atoms with van der Waals surface area (Å²) in [5.74, 6) is 0.809. The second kappa shape index (κ2) is 8.09. The smallest absolute Gasteiger partial charge is 0.231 e. The van der Waals surface area contributed by atoms with E-state index in [-0.39, 0.29) is 36.8 Å². The van der Waals surface area contributed by atoms with Crippen LogP contribution in [0.1, 0.15) is 12.0 Å². The molecular weight excluding hydrogens is 401 g/mol. The van der Waals surface area contributed by atoms with Gasteiger partial charge in [-0.3, -0.25) is 9.59 Å². The Morgan fingerprint density at radius 1 is 1.03 bits per heavy atom. The molecule has 2 amide bonds. The number of nitrogens with zero attached hydrogens (tertiary/aromatic N) is 3. The number of anilines is 1. The minimum absolute atomic E-state index is 0.00900. The molecule has 1 atom stereocenters. The van der Waals surface area contributed by atoms with Gasteiger partial charge in [0.25, 0.3) is 0 Å². The predicted octanol–water partition coefficient (Wildman–Crippen LogP) is 2.25. The third-order valence-corrected chi connectivity index (χ3v) is 6.16. The van der Waals surface area contributed by atoms with Gasteiger partial charge in [-0.05, 0) is 29.8 Å². The van der Waals surface area contributed by atoms with Crippen molar-refractivity contribution in [3.63, 3.8) is 0 Å². The molecule has 0 saturated carbocycles. The van der Waals surface area contributed by atoms with Crippen LogP contribution < -0.4 is 14.4 Å². The number of hydrogen-bond donors (Lipinski definition) is 0. The maximum absolute atomic E-state index is 14.0. The Bertz CT molecular complexity index is 1010. The summed E-state index contributed by atoms with van der Waals surface area (Å²) in [6, 6.07) is 12.3. The Hall–Kier alpha value is -3.29. The number of likely N-dealkylation sites (tertiary alicyclic amines) is 1. The summed E-state index contributed by atoms with van der Waals surface area (Å²) in [5, 5.41) is 0. The van der Waals surface area contributed by atoms with Crippen molar-refractivity contribution in [3.05, 3.63) is 53.8 Å². The van der Waals surface area contributed by atoms with E-state index in [0.29, 0.717) is 56.5 Å². The van der Waals surface area contributed by atoms with Gasteiger partial charge in [-0.15, -0.1) is 0 Å². The largest absolute Gasteiger partial charge is 0.454 e. The van der Waals surface area contributed by atoms with Crippen molar-refractivity contribution >= 4 is 17.5 Å². The van der Waals surface area contributed by atoms with Gasteiger partial charge in [-0.1, -0.05) is 18.2 Å². The highest BCUT2D eigenvalue weighted by molar-refractivity contribution is 5.89. The van der Waals surface area contributed by atoms with Crippen LogP contribution in [0.5, 0.6) is 11.5 Å². The number of benzene rings is 2. The molecule has 3 aliphatic heterocycles. The highest BCUT2D eigenvalue weighted by Crippen LogP contribution is 2.33. The first-order valence-electron chi connectivity index (χ1n) is 10.5. The molecule has 3 heterocycles. The molecule has 2 aromatic rings. The molecule has 0 radical (unpaired) electrons. The van der Waals surface area contributed by atoms with Crippen LogP contribution in [0.3, 0.4) is 0 Å². The first-order valence-corrected chi connectivity index (χ1v) is 10.5. The van der Waals surface area contributed by atoms with Crippen molar-refractivity contribution in [1.29, 1.82) is 0 Å². The van der Waals surface area contributed by atoms with Gasteiger partial charge >= 0.3 is 0 Å². The third kappa shape index (κ3) is 3.89. The average molecular weight is 425 g/mol. The number of rotatable bonds is 4. The Kier molecular flexibility index (Phi) is 5.13. The quantitative estimate of drug-likeness (QED) is 0.752. The standard InChI is InChI=1S/C23H24FN3O4/c24-18-3-1-2-4-19(18)25-7-9-26(10-8-25)23(29)17-12-22(28)27(14-17)13-16-5-6-20-21(11-16)31-15-30-20/h1-6,11,17H,7-10,12-15H2. The highest BCUT2D eigenvalue weighted by Gasteiger charge is 2.37. The third-order valence-electron chi connectivity index (χ3n) is 6.16. The van der Waals surface area contributed by atoms with Crippen LogP contribution in [0.4, 0.5) is 10.1 Å². The molecule has 2 aromatic carbocycles. The lowest BCUT2D eigenvalue weighted by molar-refractivity contribution is -0.136. The monoisotopic (exact) mass is 425 g/mol. The van der Waals surface area contributed by atoms with Crippen LogP contribution in [0.25, 0.3) is 0 Å². The summed E-state index contributed by atoms with van der Waals surface area (Å²) in [6.45, 7) is 3.28. The minimum atomic E-state index is -0.332. The summed E-state index contributed by atoms with van der Waals surface area (Å²) in [4.78, 5) is 31.1. The van der Waals surface area contributed by atoms with Gasteiger partial charge in [0.2, 0.25) is 18.6 Å². The van der Waals surface area contributed by atoms with Crippen LogP contribution >= 0.6 is 0 Å². The van der Waals surface area contributed by atoms with E-state index in [2.05, 4.69) is 0 Å². The first kappa shape index (κ1) is 19.7. The van der Waals surface area contributed by atoms with Gasteiger partial charge in [0.1, 0.15) is 5.82 Å². The summed E-state index contributed by atoms with van der Waals surface area (Å²) < 4.78 is 24.8. The summed E-state index contributed by atoms with van der Waals surface area (Å²) in [5.41, 5.74) is 1.52. The topological polar surface area (TPSA) is 62.3 Å².